The summed E-state index contributed by atoms with van der Waals surface area (Å²) < 4.78 is 0. The van der Waals surface area contributed by atoms with Gasteiger partial charge in [0.1, 0.15) is 5.03 Å². The van der Waals surface area contributed by atoms with Crippen molar-refractivity contribution in [3.8, 4) is 0 Å². The molecule has 1 N–H and O–H groups in total. The first kappa shape index (κ1) is 21.4. The van der Waals surface area contributed by atoms with Crippen molar-refractivity contribution in [2.75, 3.05) is 6.54 Å². The SMILES string of the molecule is CCc1ccc(Sc2cc(C(=O)NCCc3ccc(Cl)cc3)c3ccccc3n2)cc1. The molecule has 0 spiro atoms. The molecule has 0 aliphatic carbocycles. The van der Waals surface area contributed by atoms with E-state index in [9.17, 15) is 4.79 Å². The number of hydrogen-bond donors (Lipinski definition) is 1. The lowest BCUT2D eigenvalue weighted by Crippen LogP contribution is -2.26. The third-order valence-electron chi connectivity index (χ3n) is 5.10. The fourth-order valence-corrected chi connectivity index (χ4v) is 4.33. The predicted molar refractivity (Wildman–Crippen MR) is 129 cm³/mol. The molecule has 3 aromatic carbocycles. The molecule has 1 aromatic heterocycles. The van der Waals surface area contributed by atoms with Gasteiger partial charge in [-0.3, -0.25) is 4.79 Å². The molecule has 1 amide bonds. The van der Waals surface area contributed by atoms with Gasteiger partial charge in [0, 0.05) is 21.8 Å². The van der Waals surface area contributed by atoms with Gasteiger partial charge in [-0.05, 0) is 60.4 Å². The number of hydrogen-bond acceptors (Lipinski definition) is 3. The summed E-state index contributed by atoms with van der Waals surface area (Å²) in [7, 11) is 0. The van der Waals surface area contributed by atoms with Crippen LogP contribution in [0.5, 0.6) is 0 Å². The molecule has 0 aliphatic heterocycles. The molecule has 3 nitrogen and oxygen atoms in total. The third-order valence-corrected chi connectivity index (χ3v) is 6.28. The lowest BCUT2D eigenvalue weighted by Gasteiger charge is -2.11. The Labute approximate surface area is 191 Å². The molecular formula is C26H23ClN2OS. The smallest absolute Gasteiger partial charge is 0.252 e. The molecule has 0 atom stereocenters. The highest BCUT2D eigenvalue weighted by atomic mass is 35.5. The summed E-state index contributed by atoms with van der Waals surface area (Å²) in [6, 6.07) is 25.8. The number of amides is 1. The lowest BCUT2D eigenvalue weighted by atomic mass is 10.1. The summed E-state index contributed by atoms with van der Waals surface area (Å²) >= 11 is 7.51. The van der Waals surface area contributed by atoms with E-state index in [0.29, 0.717) is 17.1 Å². The number of aryl methyl sites for hydroxylation is 1. The fraction of sp³-hybridized carbons (Fsp3) is 0.154. The first-order valence-corrected chi connectivity index (χ1v) is 11.5. The molecule has 0 unspecified atom stereocenters. The second-order valence-electron chi connectivity index (χ2n) is 7.26. The number of nitrogens with one attached hydrogen (secondary N) is 1. The van der Waals surface area contributed by atoms with E-state index in [0.717, 1.165) is 39.2 Å². The van der Waals surface area contributed by atoms with Crippen LogP contribution in [0.15, 0.2) is 88.8 Å². The van der Waals surface area contributed by atoms with Crippen LogP contribution in [0.3, 0.4) is 0 Å². The van der Waals surface area contributed by atoms with Crippen LogP contribution in [-0.2, 0) is 12.8 Å². The van der Waals surface area contributed by atoms with Gasteiger partial charge in [0.15, 0.2) is 0 Å². The highest BCUT2D eigenvalue weighted by Gasteiger charge is 2.13. The highest BCUT2D eigenvalue weighted by Crippen LogP contribution is 2.30. The van der Waals surface area contributed by atoms with Gasteiger partial charge in [0.05, 0.1) is 11.1 Å². The number of carbonyl (C=O) groups excluding carboxylic acids is 1. The molecule has 0 radical (unpaired) electrons. The number of para-hydroxylation sites is 1. The molecule has 0 aliphatic rings. The second-order valence-corrected chi connectivity index (χ2v) is 8.79. The van der Waals surface area contributed by atoms with E-state index in [1.54, 1.807) is 11.8 Å². The standard InChI is InChI=1S/C26H23ClN2OS/c1-2-18-9-13-21(14-10-18)31-25-17-23(22-5-3-4-6-24(22)29-25)26(30)28-16-15-19-7-11-20(27)12-8-19/h3-14,17H,2,15-16H2,1H3,(H,28,30). The van der Waals surface area contributed by atoms with Crippen LogP contribution in [0.4, 0.5) is 0 Å². The number of fused-ring (bicyclic) bond motifs is 1. The molecule has 0 saturated carbocycles. The van der Waals surface area contributed by atoms with E-state index in [4.69, 9.17) is 16.6 Å². The second kappa shape index (κ2) is 9.99. The Bertz CT molecular complexity index is 1190. The number of carbonyl (C=O) groups is 1. The fourth-order valence-electron chi connectivity index (χ4n) is 3.37. The molecule has 4 rings (SSSR count). The summed E-state index contributed by atoms with van der Waals surface area (Å²) in [5.41, 5.74) is 3.91. The van der Waals surface area contributed by atoms with Crippen LogP contribution in [0.2, 0.25) is 5.02 Å². The van der Waals surface area contributed by atoms with Gasteiger partial charge >= 0.3 is 0 Å². The summed E-state index contributed by atoms with van der Waals surface area (Å²) in [5, 5.41) is 5.43. The Morgan fingerprint density at radius 2 is 1.68 bits per heavy atom. The molecule has 4 aromatic rings. The minimum Gasteiger partial charge on any atom is -0.352 e. The monoisotopic (exact) mass is 446 g/mol. The van der Waals surface area contributed by atoms with Crippen molar-refractivity contribution in [2.45, 2.75) is 29.7 Å². The molecule has 1 heterocycles. The average Bonchev–Trinajstić information content (AvgIpc) is 2.80. The molecule has 0 fully saturated rings. The minimum atomic E-state index is -0.0873. The van der Waals surface area contributed by atoms with Gasteiger partial charge in [-0.15, -0.1) is 0 Å². The summed E-state index contributed by atoms with van der Waals surface area (Å²) in [6.07, 6.45) is 1.76. The van der Waals surface area contributed by atoms with E-state index in [-0.39, 0.29) is 5.91 Å². The number of nitrogens with zero attached hydrogens (tertiary/aromatic N) is 1. The molecule has 31 heavy (non-hydrogen) atoms. The lowest BCUT2D eigenvalue weighted by molar-refractivity contribution is 0.0955. The zero-order valence-electron chi connectivity index (χ0n) is 17.3. The summed E-state index contributed by atoms with van der Waals surface area (Å²) in [6.45, 7) is 2.70. The normalized spacial score (nSPS) is 10.9. The quantitative estimate of drug-likeness (QED) is 0.349. The number of pyridine rings is 1. The molecular weight excluding hydrogens is 424 g/mol. The van der Waals surface area contributed by atoms with Crippen LogP contribution in [-0.4, -0.2) is 17.4 Å². The minimum absolute atomic E-state index is 0.0873. The van der Waals surface area contributed by atoms with Crippen LogP contribution < -0.4 is 5.32 Å². The molecule has 156 valence electrons. The Kier molecular flexibility index (Phi) is 6.90. The van der Waals surface area contributed by atoms with Crippen molar-refractivity contribution in [2.24, 2.45) is 0 Å². The zero-order valence-corrected chi connectivity index (χ0v) is 18.8. The van der Waals surface area contributed by atoms with Gasteiger partial charge in [-0.2, -0.15) is 0 Å². The number of rotatable bonds is 7. The van der Waals surface area contributed by atoms with Crippen LogP contribution in [0.1, 0.15) is 28.4 Å². The van der Waals surface area contributed by atoms with Crippen molar-refractivity contribution in [3.05, 3.63) is 101 Å². The van der Waals surface area contributed by atoms with Crippen LogP contribution >= 0.6 is 23.4 Å². The molecule has 0 saturated heterocycles. The topological polar surface area (TPSA) is 42.0 Å². The van der Waals surface area contributed by atoms with Crippen molar-refractivity contribution in [3.63, 3.8) is 0 Å². The molecule has 5 heteroatoms. The van der Waals surface area contributed by atoms with Gasteiger partial charge in [0.25, 0.3) is 5.91 Å². The van der Waals surface area contributed by atoms with Crippen molar-refractivity contribution in [1.82, 2.24) is 10.3 Å². The zero-order chi connectivity index (χ0) is 21.6. The van der Waals surface area contributed by atoms with Crippen molar-refractivity contribution < 1.29 is 4.79 Å². The largest absolute Gasteiger partial charge is 0.352 e. The van der Waals surface area contributed by atoms with Gasteiger partial charge in [-0.25, -0.2) is 4.98 Å². The average molecular weight is 447 g/mol. The third kappa shape index (κ3) is 5.46. The van der Waals surface area contributed by atoms with Gasteiger partial charge in [-0.1, -0.05) is 72.8 Å². The maximum absolute atomic E-state index is 13.0. The van der Waals surface area contributed by atoms with E-state index >= 15 is 0 Å². The maximum Gasteiger partial charge on any atom is 0.252 e. The predicted octanol–water partition coefficient (Wildman–Crippen LogP) is 6.57. The van der Waals surface area contributed by atoms with Gasteiger partial charge in [0.2, 0.25) is 0 Å². The van der Waals surface area contributed by atoms with Crippen molar-refractivity contribution in [1.29, 1.82) is 0 Å². The Balaban J connectivity index is 1.53. The van der Waals surface area contributed by atoms with E-state index < -0.39 is 0 Å². The van der Waals surface area contributed by atoms with E-state index in [2.05, 4.69) is 36.5 Å². The van der Waals surface area contributed by atoms with E-state index in [1.807, 2.05) is 54.6 Å². The molecule has 0 bridgehead atoms. The van der Waals surface area contributed by atoms with Crippen LogP contribution in [0, 0.1) is 0 Å². The number of aromatic nitrogens is 1. The highest BCUT2D eigenvalue weighted by molar-refractivity contribution is 7.99. The first-order chi connectivity index (χ1) is 15.1. The number of halogens is 1. The van der Waals surface area contributed by atoms with Crippen molar-refractivity contribution >= 4 is 40.2 Å². The summed E-state index contributed by atoms with van der Waals surface area (Å²) in [4.78, 5) is 18.9. The Morgan fingerprint density at radius 1 is 0.968 bits per heavy atom. The first-order valence-electron chi connectivity index (χ1n) is 10.3. The Morgan fingerprint density at radius 3 is 2.42 bits per heavy atom. The van der Waals surface area contributed by atoms with E-state index in [1.165, 1.54) is 5.56 Å². The Hall–Kier alpha value is -2.82. The summed E-state index contributed by atoms with van der Waals surface area (Å²) in [5.74, 6) is -0.0873. The van der Waals surface area contributed by atoms with Crippen LogP contribution in [0.25, 0.3) is 10.9 Å². The maximum atomic E-state index is 13.0. The number of benzene rings is 3. The van der Waals surface area contributed by atoms with Gasteiger partial charge < -0.3 is 5.32 Å².